The molecule has 0 bridgehead atoms. The van der Waals surface area contributed by atoms with Crippen molar-refractivity contribution in [2.24, 2.45) is 0 Å². The van der Waals surface area contributed by atoms with Gasteiger partial charge in [-0.25, -0.2) is 18.1 Å². The number of rotatable bonds is 4. The number of nitrogens with zero attached hydrogens (tertiary/aromatic N) is 2. The molecule has 0 amide bonds. The van der Waals surface area contributed by atoms with Gasteiger partial charge in [0.2, 0.25) is 10.0 Å². The van der Waals surface area contributed by atoms with E-state index in [9.17, 15) is 8.42 Å². The lowest BCUT2D eigenvalue weighted by molar-refractivity contribution is 0.458. The normalized spacial score (nSPS) is 16.4. The summed E-state index contributed by atoms with van der Waals surface area (Å²) in [6.45, 7) is 1.57. The molecule has 122 valence electrons. The summed E-state index contributed by atoms with van der Waals surface area (Å²) in [6, 6.07) is 12.0. The Morgan fingerprint density at radius 1 is 1.09 bits per heavy atom. The van der Waals surface area contributed by atoms with Crippen molar-refractivity contribution in [1.29, 1.82) is 0 Å². The molecule has 1 aliphatic rings. The molecule has 0 atom stereocenters. The third-order valence-electron chi connectivity index (χ3n) is 3.98. The summed E-state index contributed by atoms with van der Waals surface area (Å²) >= 11 is 0. The molecule has 23 heavy (non-hydrogen) atoms. The lowest BCUT2D eigenvalue weighted by Gasteiger charge is -2.32. The summed E-state index contributed by atoms with van der Waals surface area (Å²) in [4.78, 5) is 6.76. The minimum Gasteiger partial charge on any atom is -0.399 e. The number of anilines is 2. The fourth-order valence-corrected chi connectivity index (χ4v) is 4.01. The molecule has 3 N–H and O–H groups in total. The highest BCUT2D eigenvalue weighted by molar-refractivity contribution is 7.89. The SMILES string of the molecule is Nc1ccc(S(=O)(=O)NC2CCN(c3ccccn3)CC2)cc1. The predicted molar refractivity (Wildman–Crippen MR) is 90.6 cm³/mol. The maximum absolute atomic E-state index is 12.4. The Balaban J connectivity index is 1.61. The number of pyridine rings is 1. The molecule has 0 spiro atoms. The fourth-order valence-electron chi connectivity index (χ4n) is 2.70. The Hall–Kier alpha value is -2.12. The molecule has 0 unspecified atom stereocenters. The van der Waals surface area contributed by atoms with Crippen LogP contribution in [-0.2, 0) is 10.0 Å². The van der Waals surface area contributed by atoms with E-state index in [1.165, 1.54) is 12.1 Å². The number of nitrogen functional groups attached to an aromatic ring is 1. The summed E-state index contributed by atoms with van der Waals surface area (Å²) in [7, 11) is -3.50. The van der Waals surface area contributed by atoms with Crippen LogP contribution in [-0.4, -0.2) is 32.5 Å². The molecule has 1 aromatic carbocycles. The molecule has 0 radical (unpaired) electrons. The van der Waals surface area contributed by atoms with E-state index < -0.39 is 10.0 Å². The van der Waals surface area contributed by atoms with E-state index in [2.05, 4.69) is 14.6 Å². The predicted octanol–water partition coefficient (Wildman–Crippen LogP) is 1.61. The Bertz CT molecular complexity index is 739. The van der Waals surface area contributed by atoms with Crippen molar-refractivity contribution in [3.8, 4) is 0 Å². The van der Waals surface area contributed by atoms with Crippen molar-refractivity contribution in [3.05, 3.63) is 48.7 Å². The number of nitrogens with two attached hydrogens (primary N) is 1. The molecular weight excluding hydrogens is 312 g/mol. The van der Waals surface area contributed by atoms with Gasteiger partial charge in [-0.05, 0) is 49.2 Å². The molecule has 1 fully saturated rings. The highest BCUT2D eigenvalue weighted by Crippen LogP contribution is 2.19. The van der Waals surface area contributed by atoms with Gasteiger partial charge < -0.3 is 10.6 Å². The highest BCUT2D eigenvalue weighted by Gasteiger charge is 2.25. The van der Waals surface area contributed by atoms with Crippen molar-refractivity contribution < 1.29 is 8.42 Å². The third kappa shape index (κ3) is 3.80. The van der Waals surface area contributed by atoms with Crippen molar-refractivity contribution in [3.63, 3.8) is 0 Å². The first-order valence-corrected chi connectivity index (χ1v) is 9.07. The Morgan fingerprint density at radius 3 is 2.39 bits per heavy atom. The highest BCUT2D eigenvalue weighted by atomic mass is 32.2. The van der Waals surface area contributed by atoms with Crippen LogP contribution in [0.15, 0.2) is 53.6 Å². The van der Waals surface area contributed by atoms with Gasteiger partial charge >= 0.3 is 0 Å². The van der Waals surface area contributed by atoms with Crippen molar-refractivity contribution in [2.45, 2.75) is 23.8 Å². The summed E-state index contributed by atoms with van der Waals surface area (Å²) in [5, 5.41) is 0. The van der Waals surface area contributed by atoms with E-state index in [4.69, 9.17) is 5.73 Å². The smallest absolute Gasteiger partial charge is 0.240 e. The second-order valence-corrected chi connectivity index (χ2v) is 7.35. The summed E-state index contributed by atoms with van der Waals surface area (Å²) in [6.07, 6.45) is 3.28. The van der Waals surface area contributed by atoms with E-state index in [0.717, 1.165) is 31.7 Å². The Kier molecular flexibility index (Phi) is 4.49. The van der Waals surface area contributed by atoms with Gasteiger partial charge in [-0.1, -0.05) is 6.07 Å². The number of sulfonamides is 1. The van der Waals surface area contributed by atoms with Gasteiger partial charge in [-0.2, -0.15) is 0 Å². The van der Waals surface area contributed by atoms with Gasteiger partial charge in [-0.15, -0.1) is 0 Å². The minimum atomic E-state index is -3.50. The first-order valence-electron chi connectivity index (χ1n) is 7.58. The van der Waals surface area contributed by atoms with Gasteiger partial charge in [0, 0.05) is 31.0 Å². The summed E-state index contributed by atoms with van der Waals surface area (Å²) in [5.41, 5.74) is 6.15. The summed E-state index contributed by atoms with van der Waals surface area (Å²) in [5.74, 6) is 0.937. The van der Waals surface area contributed by atoms with Gasteiger partial charge in [-0.3, -0.25) is 0 Å². The number of hydrogen-bond acceptors (Lipinski definition) is 5. The molecule has 2 aromatic rings. The van der Waals surface area contributed by atoms with Crippen LogP contribution in [0.4, 0.5) is 11.5 Å². The van der Waals surface area contributed by atoms with Gasteiger partial charge in [0.1, 0.15) is 5.82 Å². The van der Waals surface area contributed by atoms with Crippen LogP contribution in [0.1, 0.15) is 12.8 Å². The molecular formula is C16H20N4O2S. The third-order valence-corrected chi connectivity index (χ3v) is 5.52. The monoisotopic (exact) mass is 332 g/mol. The van der Waals surface area contributed by atoms with E-state index in [1.807, 2.05) is 18.2 Å². The number of aromatic nitrogens is 1. The maximum atomic E-state index is 12.4. The summed E-state index contributed by atoms with van der Waals surface area (Å²) < 4.78 is 27.6. The molecule has 1 aromatic heterocycles. The second-order valence-electron chi connectivity index (χ2n) is 5.64. The van der Waals surface area contributed by atoms with Crippen LogP contribution in [0, 0.1) is 0 Å². The number of nitrogens with one attached hydrogen (secondary N) is 1. The number of benzene rings is 1. The molecule has 7 heteroatoms. The number of hydrogen-bond donors (Lipinski definition) is 2. The lowest BCUT2D eigenvalue weighted by atomic mass is 10.1. The molecule has 2 heterocycles. The van der Waals surface area contributed by atoms with E-state index >= 15 is 0 Å². The largest absolute Gasteiger partial charge is 0.399 e. The van der Waals surface area contributed by atoms with Crippen LogP contribution in [0.5, 0.6) is 0 Å². The van der Waals surface area contributed by atoms with E-state index in [0.29, 0.717) is 5.69 Å². The average molecular weight is 332 g/mol. The zero-order valence-corrected chi connectivity index (χ0v) is 13.5. The first-order chi connectivity index (χ1) is 11.0. The quantitative estimate of drug-likeness (QED) is 0.831. The van der Waals surface area contributed by atoms with Crippen LogP contribution in [0.25, 0.3) is 0 Å². The van der Waals surface area contributed by atoms with Crippen LogP contribution in [0.3, 0.4) is 0 Å². The Morgan fingerprint density at radius 2 is 1.78 bits per heavy atom. The first kappa shape index (κ1) is 15.8. The van der Waals surface area contributed by atoms with Gasteiger partial charge in [0.05, 0.1) is 4.90 Å². The molecule has 3 rings (SSSR count). The molecule has 0 saturated carbocycles. The molecule has 1 aliphatic heterocycles. The minimum absolute atomic E-state index is 0.0579. The van der Waals surface area contributed by atoms with Crippen LogP contribution in [0.2, 0.25) is 0 Å². The number of piperidine rings is 1. The van der Waals surface area contributed by atoms with E-state index in [-0.39, 0.29) is 10.9 Å². The van der Waals surface area contributed by atoms with Gasteiger partial charge in [0.15, 0.2) is 0 Å². The maximum Gasteiger partial charge on any atom is 0.240 e. The average Bonchev–Trinajstić information content (AvgIpc) is 2.56. The lowest BCUT2D eigenvalue weighted by Crippen LogP contribution is -2.44. The van der Waals surface area contributed by atoms with E-state index in [1.54, 1.807) is 18.3 Å². The van der Waals surface area contributed by atoms with Crippen molar-refractivity contribution in [1.82, 2.24) is 9.71 Å². The standard InChI is InChI=1S/C16H20N4O2S/c17-13-4-6-15(7-5-13)23(21,22)19-14-8-11-20(12-9-14)16-3-1-2-10-18-16/h1-7,10,14,19H,8-9,11-12,17H2. The molecule has 0 aliphatic carbocycles. The van der Waals surface area contributed by atoms with Crippen LogP contribution >= 0.6 is 0 Å². The van der Waals surface area contributed by atoms with Gasteiger partial charge in [0.25, 0.3) is 0 Å². The molecule has 6 nitrogen and oxygen atoms in total. The topological polar surface area (TPSA) is 88.3 Å². The fraction of sp³-hybridized carbons (Fsp3) is 0.312. The second kappa shape index (κ2) is 6.55. The zero-order valence-electron chi connectivity index (χ0n) is 12.7. The van der Waals surface area contributed by atoms with Crippen LogP contribution < -0.4 is 15.4 Å². The Labute approximate surface area is 136 Å². The van der Waals surface area contributed by atoms with Crippen molar-refractivity contribution >= 4 is 21.5 Å². The molecule has 1 saturated heterocycles. The van der Waals surface area contributed by atoms with Crippen molar-refractivity contribution in [2.75, 3.05) is 23.7 Å². The zero-order chi connectivity index (χ0) is 16.3.